The van der Waals surface area contributed by atoms with Crippen LogP contribution < -0.4 is 10.3 Å². The molecule has 0 bridgehead atoms. The third-order valence-electron chi connectivity index (χ3n) is 4.52. The number of rotatable bonds is 7. The van der Waals surface area contributed by atoms with E-state index in [1.807, 2.05) is 37.3 Å². The molecule has 0 saturated heterocycles. The minimum atomic E-state index is -0.295. The molecule has 3 aromatic rings. The second kappa shape index (κ2) is 9.27. The smallest absolute Gasteiger partial charge is 0.266 e. The van der Waals surface area contributed by atoms with Gasteiger partial charge >= 0.3 is 0 Å². The van der Waals surface area contributed by atoms with Gasteiger partial charge < -0.3 is 4.74 Å². The molecule has 0 fully saturated rings. The molecule has 2 aromatic carbocycles. The number of aryl methyl sites for hydroxylation is 1. The van der Waals surface area contributed by atoms with E-state index in [9.17, 15) is 10.1 Å². The Morgan fingerprint density at radius 2 is 2.03 bits per heavy atom. The van der Waals surface area contributed by atoms with E-state index in [-0.39, 0.29) is 11.5 Å². The molecule has 6 nitrogen and oxygen atoms in total. The number of para-hydroxylation sites is 1. The molecule has 0 spiro atoms. The van der Waals surface area contributed by atoms with E-state index in [0.29, 0.717) is 46.1 Å². The van der Waals surface area contributed by atoms with Crippen LogP contribution in [0.4, 0.5) is 0 Å². The summed E-state index contributed by atoms with van der Waals surface area (Å²) in [5.74, 6) is 0.714. The number of hydrogen-bond acceptors (Lipinski definition) is 6. The first-order valence-electron chi connectivity index (χ1n) is 9.15. The predicted molar refractivity (Wildman–Crippen MR) is 113 cm³/mol. The van der Waals surface area contributed by atoms with Crippen molar-refractivity contribution in [2.75, 3.05) is 12.9 Å². The molecule has 1 aromatic heterocycles. The van der Waals surface area contributed by atoms with Gasteiger partial charge in [0.25, 0.3) is 5.56 Å². The van der Waals surface area contributed by atoms with Crippen molar-refractivity contribution in [1.29, 1.82) is 10.5 Å². The van der Waals surface area contributed by atoms with Gasteiger partial charge in [-0.2, -0.15) is 10.5 Å². The monoisotopic (exact) mass is 404 g/mol. The van der Waals surface area contributed by atoms with Crippen LogP contribution in [-0.2, 0) is 0 Å². The Hall–Kier alpha value is -3.29. The Morgan fingerprint density at radius 1 is 1.24 bits per heavy atom. The van der Waals surface area contributed by atoms with Crippen LogP contribution in [0.15, 0.2) is 52.4 Å². The Labute approximate surface area is 173 Å². The van der Waals surface area contributed by atoms with E-state index in [2.05, 4.69) is 12.1 Å². The van der Waals surface area contributed by atoms with Crippen LogP contribution in [0.2, 0.25) is 0 Å². The number of ether oxygens (including phenoxy) is 1. The van der Waals surface area contributed by atoms with Crippen molar-refractivity contribution >= 4 is 22.7 Å². The number of nitrogens with zero attached hydrogens (tertiary/aromatic N) is 4. The van der Waals surface area contributed by atoms with Gasteiger partial charge in [0.15, 0.2) is 5.16 Å². The molecule has 0 aliphatic carbocycles. The van der Waals surface area contributed by atoms with Gasteiger partial charge in [0.05, 0.1) is 41.8 Å². The first-order chi connectivity index (χ1) is 14.1. The maximum absolute atomic E-state index is 13.4. The Balaban J connectivity index is 2.15. The predicted octanol–water partition coefficient (Wildman–Crippen LogP) is 4.24. The molecule has 0 saturated carbocycles. The number of thioether (sulfide) groups is 1. The first kappa shape index (κ1) is 20.4. The molecule has 7 heteroatoms. The molecule has 1 atom stereocenters. The highest BCUT2D eigenvalue weighted by molar-refractivity contribution is 7.99. The van der Waals surface area contributed by atoms with Crippen LogP contribution in [0.25, 0.3) is 16.6 Å². The fourth-order valence-corrected chi connectivity index (χ4v) is 4.06. The van der Waals surface area contributed by atoms with Crippen molar-refractivity contribution in [1.82, 2.24) is 9.55 Å². The van der Waals surface area contributed by atoms with Gasteiger partial charge in [-0.15, -0.1) is 0 Å². The van der Waals surface area contributed by atoms with Gasteiger partial charge in [-0.05, 0) is 43.2 Å². The van der Waals surface area contributed by atoms with Crippen LogP contribution in [0, 0.1) is 35.5 Å². The molecule has 3 rings (SSSR count). The van der Waals surface area contributed by atoms with Crippen molar-refractivity contribution in [3.05, 3.63) is 58.4 Å². The van der Waals surface area contributed by atoms with Gasteiger partial charge in [0, 0.05) is 12.2 Å². The molecule has 0 N–H and O–H groups in total. The summed E-state index contributed by atoms with van der Waals surface area (Å²) in [7, 11) is 1.56. The fourth-order valence-electron chi connectivity index (χ4n) is 3.00. The van der Waals surface area contributed by atoms with Crippen LogP contribution in [0.3, 0.4) is 0 Å². The molecule has 0 aliphatic heterocycles. The maximum Gasteiger partial charge on any atom is 0.266 e. The first-order valence-corrected chi connectivity index (χ1v) is 10.1. The van der Waals surface area contributed by atoms with Gasteiger partial charge in [-0.25, -0.2) is 4.98 Å². The fraction of sp³-hybridized carbons (Fsp3) is 0.273. The zero-order valence-electron chi connectivity index (χ0n) is 16.3. The third kappa shape index (κ3) is 4.42. The second-order valence-corrected chi connectivity index (χ2v) is 7.55. The van der Waals surface area contributed by atoms with E-state index in [1.54, 1.807) is 23.8 Å². The SMILES string of the molecule is COc1ccc(C)cc1-n1c(SC[C@H](C#N)CCC#N)nc2ccccc2c1=O. The van der Waals surface area contributed by atoms with Crippen molar-refractivity contribution in [2.24, 2.45) is 5.92 Å². The normalized spacial score (nSPS) is 11.6. The van der Waals surface area contributed by atoms with E-state index >= 15 is 0 Å². The quantitative estimate of drug-likeness (QED) is 0.432. The summed E-state index contributed by atoms with van der Waals surface area (Å²) in [6, 6.07) is 17.1. The lowest BCUT2D eigenvalue weighted by molar-refractivity contribution is 0.411. The van der Waals surface area contributed by atoms with Crippen molar-refractivity contribution < 1.29 is 4.74 Å². The van der Waals surface area contributed by atoms with Gasteiger partial charge in [-0.3, -0.25) is 9.36 Å². The number of nitriles is 2. The van der Waals surface area contributed by atoms with Gasteiger partial charge in [0.2, 0.25) is 0 Å². The lowest BCUT2D eigenvalue weighted by atomic mass is 10.1. The summed E-state index contributed by atoms with van der Waals surface area (Å²) in [4.78, 5) is 18.1. The molecule has 0 unspecified atom stereocenters. The number of methoxy groups -OCH3 is 1. The average molecular weight is 404 g/mol. The highest BCUT2D eigenvalue weighted by atomic mass is 32.2. The molecule has 0 amide bonds. The summed E-state index contributed by atoms with van der Waals surface area (Å²) >= 11 is 1.34. The Bertz CT molecular complexity index is 1170. The molecular formula is C22H20N4O2S. The van der Waals surface area contributed by atoms with E-state index in [0.717, 1.165) is 5.56 Å². The summed E-state index contributed by atoms with van der Waals surface area (Å²) < 4.78 is 7.04. The van der Waals surface area contributed by atoms with Gasteiger partial charge in [0.1, 0.15) is 5.75 Å². The van der Waals surface area contributed by atoms with Crippen LogP contribution in [-0.4, -0.2) is 22.4 Å². The molecule has 146 valence electrons. The lowest BCUT2D eigenvalue weighted by Crippen LogP contribution is -2.22. The summed E-state index contributed by atoms with van der Waals surface area (Å²) in [6.07, 6.45) is 0.814. The Morgan fingerprint density at radius 3 is 2.76 bits per heavy atom. The highest BCUT2D eigenvalue weighted by Crippen LogP contribution is 2.29. The van der Waals surface area contributed by atoms with E-state index in [1.165, 1.54) is 11.8 Å². The van der Waals surface area contributed by atoms with Gasteiger partial charge in [-0.1, -0.05) is 30.0 Å². The summed E-state index contributed by atoms with van der Waals surface area (Å²) in [5.41, 5.74) is 2.02. The standard InChI is InChI=1S/C22H20N4O2S/c1-15-9-10-20(28-2)19(12-15)26-21(27)17-7-3-4-8-18(17)25-22(26)29-14-16(13-24)6-5-11-23/h3-4,7-10,12,16H,5-6,14H2,1-2H3/t16-/m0/s1. The number of aromatic nitrogens is 2. The molecule has 0 radical (unpaired) electrons. The molecule has 29 heavy (non-hydrogen) atoms. The van der Waals surface area contributed by atoms with Crippen molar-refractivity contribution in [2.45, 2.75) is 24.9 Å². The van der Waals surface area contributed by atoms with Crippen LogP contribution >= 0.6 is 11.8 Å². The second-order valence-electron chi connectivity index (χ2n) is 6.56. The average Bonchev–Trinajstić information content (AvgIpc) is 2.74. The highest BCUT2D eigenvalue weighted by Gasteiger charge is 2.18. The minimum absolute atomic E-state index is 0.187. The van der Waals surface area contributed by atoms with Crippen molar-refractivity contribution in [3.63, 3.8) is 0 Å². The maximum atomic E-state index is 13.4. The Kier molecular flexibility index (Phi) is 6.54. The zero-order valence-corrected chi connectivity index (χ0v) is 17.1. The largest absolute Gasteiger partial charge is 0.495 e. The van der Waals surface area contributed by atoms with E-state index in [4.69, 9.17) is 15.0 Å². The van der Waals surface area contributed by atoms with Crippen LogP contribution in [0.5, 0.6) is 5.75 Å². The number of benzene rings is 2. The number of fused-ring (bicyclic) bond motifs is 1. The summed E-state index contributed by atoms with van der Waals surface area (Å²) in [5, 5.41) is 19.2. The van der Waals surface area contributed by atoms with Crippen molar-refractivity contribution in [3.8, 4) is 23.6 Å². The van der Waals surface area contributed by atoms with E-state index < -0.39 is 0 Å². The third-order valence-corrected chi connectivity index (χ3v) is 5.62. The zero-order chi connectivity index (χ0) is 20.8. The lowest BCUT2D eigenvalue weighted by Gasteiger charge is -2.17. The topological polar surface area (TPSA) is 91.7 Å². The molecule has 0 aliphatic rings. The molecule has 1 heterocycles. The summed E-state index contributed by atoms with van der Waals surface area (Å²) in [6.45, 7) is 1.95. The minimum Gasteiger partial charge on any atom is -0.495 e. The van der Waals surface area contributed by atoms with Crippen LogP contribution in [0.1, 0.15) is 18.4 Å². The number of hydrogen-bond donors (Lipinski definition) is 0. The molecular weight excluding hydrogens is 384 g/mol.